The topological polar surface area (TPSA) is 20.2 Å². The SMILES string of the molecule is C=Cc1cc(C)c(C)cc1CC(C)C(/C=C\C)=C/S.CC.CCCCO. The first-order valence-electron chi connectivity index (χ1n) is 9.75. The van der Waals surface area contributed by atoms with E-state index < -0.39 is 0 Å². The molecule has 2 heteroatoms. The summed E-state index contributed by atoms with van der Waals surface area (Å²) >= 11 is 4.31. The van der Waals surface area contributed by atoms with E-state index in [1.54, 1.807) is 0 Å². The molecule has 0 aliphatic carbocycles. The van der Waals surface area contributed by atoms with Crippen molar-refractivity contribution in [3.63, 3.8) is 0 Å². The first kappa shape index (κ1) is 27.0. The Morgan fingerprint density at radius 3 is 2.19 bits per heavy atom. The lowest BCUT2D eigenvalue weighted by Gasteiger charge is -2.16. The molecule has 0 aliphatic rings. The van der Waals surface area contributed by atoms with Crippen molar-refractivity contribution in [2.45, 2.75) is 67.7 Å². The molecule has 0 aliphatic heterocycles. The molecule has 148 valence electrons. The monoisotopic (exact) mass is 376 g/mol. The molecule has 0 saturated carbocycles. The Bertz CT molecular complexity index is 554. The fourth-order valence-corrected chi connectivity index (χ4v) is 2.74. The van der Waals surface area contributed by atoms with Crippen LogP contribution in [0.25, 0.3) is 6.08 Å². The van der Waals surface area contributed by atoms with Crippen LogP contribution in [0.15, 0.2) is 41.8 Å². The van der Waals surface area contributed by atoms with Gasteiger partial charge < -0.3 is 5.11 Å². The highest BCUT2D eigenvalue weighted by molar-refractivity contribution is 7.83. The molecule has 0 radical (unpaired) electrons. The summed E-state index contributed by atoms with van der Waals surface area (Å²) in [4.78, 5) is 0. The number of aliphatic hydroxyl groups excluding tert-OH is 1. The van der Waals surface area contributed by atoms with Gasteiger partial charge in [-0.1, -0.05) is 71.1 Å². The van der Waals surface area contributed by atoms with Crippen molar-refractivity contribution in [1.29, 1.82) is 0 Å². The molecule has 0 bridgehead atoms. The summed E-state index contributed by atoms with van der Waals surface area (Å²) in [6.07, 6.45) is 9.20. The van der Waals surface area contributed by atoms with Gasteiger partial charge in [0, 0.05) is 6.61 Å². The summed E-state index contributed by atoms with van der Waals surface area (Å²) in [5, 5.41) is 9.97. The molecule has 0 spiro atoms. The molecule has 1 nitrogen and oxygen atoms in total. The van der Waals surface area contributed by atoms with Crippen LogP contribution in [0.2, 0.25) is 0 Å². The number of rotatable bonds is 7. The zero-order chi connectivity index (χ0) is 20.5. The fraction of sp³-hybridized carbons (Fsp3) is 0.500. The first-order chi connectivity index (χ1) is 12.4. The van der Waals surface area contributed by atoms with E-state index in [0.717, 1.165) is 19.3 Å². The van der Waals surface area contributed by atoms with Crippen LogP contribution in [0.5, 0.6) is 0 Å². The predicted octanol–water partition coefficient (Wildman–Crippen LogP) is 7.32. The maximum absolute atomic E-state index is 8.07. The third-order valence-corrected chi connectivity index (χ3v) is 4.39. The molecule has 1 unspecified atom stereocenters. The first-order valence-corrected chi connectivity index (χ1v) is 10.3. The van der Waals surface area contributed by atoms with Gasteiger partial charge in [-0.3, -0.25) is 0 Å². The second kappa shape index (κ2) is 17.2. The maximum Gasteiger partial charge on any atom is 0.0430 e. The van der Waals surface area contributed by atoms with Crippen LogP contribution in [0.1, 0.15) is 69.7 Å². The molecule has 26 heavy (non-hydrogen) atoms. The van der Waals surface area contributed by atoms with Gasteiger partial charge >= 0.3 is 0 Å². The Hall–Kier alpha value is -1.25. The van der Waals surface area contributed by atoms with Crippen molar-refractivity contribution >= 4 is 18.7 Å². The van der Waals surface area contributed by atoms with Crippen LogP contribution in [0, 0.1) is 19.8 Å². The zero-order valence-corrected chi connectivity index (χ0v) is 18.9. The summed E-state index contributed by atoms with van der Waals surface area (Å²) < 4.78 is 0. The minimum absolute atomic E-state index is 0.344. The average molecular weight is 377 g/mol. The Labute approximate surface area is 168 Å². The van der Waals surface area contributed by atoms with Crippen molar-refractivity contribution in [3.05, 3.63) is 64.1 Å². The number of thiol groups is 1. The zero-order valence-electron chi connectivity index (χ0n) is 18.0. The van der Waals surface area contributed by atoms with E-state index >= 15 is 0 Å². The van der Waals surface area contributed by atoms with E-state index in [-0.39, 0.29) is 0 Å². The minimum atomic E-state index is 0.344. The molecule has 0 aromatic heterocycles. The summed E-state index contributed by atoms with van der Waals surface area (Å²) in [5.41, 5.74) is 6.54. The molecule has 1 N–H and O–H groups in total. The number of hydrogen-bond donors (Lipinski definition) is 2. The van der Waals surface area contributed by atoms with Gasteiger partial charge in [-0.15, -0.1) is 0 Å². The van der Waals surface area contributed by atoms with Crippen LogP contribution >= 0.6 is 12.6 Å². The van der Waals surface area contributed by atoms with Crippen LogP contribution in [0.4, 0.5) is 0 Å². The molecule has 0 amide bonds. The molecule has 1 aromatic rings. The third-order valence-electron chi connectivity index (χ3n) is 4.09. The van der Waals surface area contributed by atoms with E-state index in [0.29, 0.717) is 12.5 Å². The quantitative estimate of drug-likeness (QED) is 0.377. The number of unbranched alkanes of at least 4 members (excludes halogenated alkanes) is 1. The second-order valence-corrected chi connectivity index (χ2v) is 6.41. The van der Waals surface area contributed by atoms with E-state index in [1.165, 1.54) is 27.8 Å². The maximum atomic E-state index is 8.07. The highest BCUT2D eigenvalue weighted by atomic mass is 32.1. The van der Waals surface area contributed by atoms with E-state index in [4.69, 9.17) is 5.11 Å². The third kappa shape index (κ3) is 10.7. The van der Waals surface area contributed by atoms with Crippen LogP contribution in [-0.4, -0.2) is 11.7 Å². The highest BCUT2D eigenvalue weighted by Crippen LogP contribution is 2.24. The van der Waals surface area contributed by atoms with Crippen LogP contribution < -0.4 is 0 Å². The number of allylic oxidation sites excluding steroid dienone is 3. The average Bonchev–Trinajstić information content (AvgIpc) is 2.65. The van der Waals surface area contributed by atoms with Crippen molar-refractivity contribution in [2.24, 2.45) is 5.92 Å². The molecule has 1 rings (SSSR count). The summed E-state index contributed by atoms with van der Waals surface area (Å²) in [5.74, 6) is 0.453. The molecule has 0 fully saturated rings. The number of hydrogen-bond acceptors (Lipinski definition) is 2. The van der Waals surface area contributed by atoms with Gasteiger partial charge in [-0.05, 0) is 72.8 Å². The summed E-state index contributed by atoms with van der Waals surface area (Å²) in [7, 11) is 0. The van der Waals surface area contributed by atoms with Crippen molar-refractivity contribution in [3.8, 4) is 0 Å². The van der Waals surface area contributed by atoms with Gasteiger partial charge in [0.05, 0.1) is 0 Å². The van der Waals surface area contributed by atoms with Gasteiger partial charge in [0.25, 0.3) is 0 Å². The van der Waals surface area contributed by atoms with Gasteiger partial charge in [-0.2, -0.15) is 12.6 Å². The predicted molar refractivity (Wildman–Crippen MR) is 124 cm³/mol. The normalized spacial score (nSPS) is 12.0. The number of aliphatic hydroxyl groups is 1. The number of aryl methyl sites for hydroxylation is 2. The Balaban J connectivity index is 0. The number of benzene rings is 1. The summed E-state index contributed by atoms with van der Waals surface area (Å²) in [6.45, 7) is 18.9. The lowest BCUT2D eigenvalue weighted by Crippen LogP contribution is -2.04. The van der Waals surface area contributed by atoms with Gasteiger partial charge in [0.15, 0.2) is 0 Å². The van der Waals surface area contributed by atoms with Crippen LogP contribution in [-0.2, 0) is 6.42 Å². The molecule has 1 aromatic carbocycles. The van der Waals surface area contributed by atoms with E-state index in [1.807, 2.05) is 32.3 Å². The second-order valence-electron chi connectivity index (χ2n) is 6.15. The Morgan fingerprint density at radius 2 is 1.81 bits per heavy atom. The fourth-order valence-electron chi connectivity index (χ4n) is 2.40. The molecular weight excluding hydrogens is 336 g/mol. The van der Waals surface area contributed by atoms with Gasteiger partial charge in [0.2, 0.25) is 0 Å². The molecule has 0 heterocycles. The minimum Gasteiger partial charge on any atom is -0.396 e. The highest BCUT2D eigenvalue weighted by Gasteiger charge is 2.10. The smallest absolute Gasteiger partial charge is 0.0430 e. The van der Waals surface area contributed by atoms with Crippen molar-refractivity contribution in [2.75, 3.05) is 6.61 Å². The van der Waals surface area contributed by atoms with Gasteiger partial charge in [-0.25, -0.2) is 0 Å². The summed E-state index contributed by atoms with van der Waals surface area (Å²) in [6, 6.07) is 4.51. The Kier molecular flexibility index (Phi) is 17.8. The van der Waals surface area contributed by atoms with E-state index in [2.05, 4.69) is 71.2 Å². The standard InChI is InChI=1S/C18H24S.C4H10O.C2H6/c1-6-8-17(12-19)15(5)11-18-10-14(4)13(3)9-16(18)7-2;1-2-3-4-5;1-2/h6-10,12,15,19H,2,11H2,1,3-5H3;5H,2-4H2,1H3;1-2H3/b8-6-,17-12+;;. The molecule has 1 atom stereocenters. The molecular formula is C24H40OS. The van der Waals surface area contributed by atoms with Crippen molar-refractivity contribution in [1.82, 2.24) is 0 Å². The lowest BCUT2D eigenvalue weighted by molar-refractivity contribution is 0.287. The van der Waals surface area contributed by atoms with Gasteiger partial charge in [0.1, 0.15) is 0 Å². The van der Waals surface area contributed by atoms with Crippen LogP contribution in [0.3, 0.4) is 0 Å². The van der Waals surface area contributed by atoms with E-state index in [9.17, 15) is 0 Å². The van der Waals surface area contributed by atoms with Crippen molar-refractivity contribution < 1.29 is 5.11 Å². The lowest BCUT2D eigenvalue weighted by atomic mass is 9.89. The molecule has 0 saturated heterocycles. The Morgan fingerprint density at radius 1 is 1.23 bits per heavy atom. The largest absolute Gasteiger partial charge is 0.396 e.